The highest BCUT2D eigenvalue weighted by Crippen LogP contribution is 2.28. The number of nitrogens with zero attached hydrogens (tertiary/aromatic N) is 1. The Balaban J connectivity index is 2.00. The zero-order chi connectivity index (χ0) is 15.7. The molecule has 2 nitrogen and oxygen atoms in total. The average Bonchev–Trinajstić information content (AvgIpc) is 2.68. The number of pyridine rings is 1. The van der Waals surface area contributed by atoms with Crippen LogP contribution in [0.15, 0.2) is 43.5 Å². The maximum atomic E-state index is 4.55. The van der Waals surface area contributed by atoms with Crippen molar-refractivity contribution < 1.29 is 0 Å². The van der Waals surface area contributed by atoms with E-state index in [1.807, 2.05) is 19.9 Å². The molecule has 1 aromatic carbocycles. The standard InChI is InChI=1S/C20H22N2/c1-13-7-9-19(16(4)22-13)14(2)17-8-10-20-15(3)21-11-5-6-18(20)12-17/h7-10,12,21H,2-3,5-6,11H2,1,4H3. The third kappa shape index (κ3) is 2.69. The van der Waals surface area contributed by atoms with Crippen LogP contribution in [0.4, 0.5) is 0 Å². The number of hydrogen-bond acceptors (Lipinski definition) is 2. The third-order valence-corrected chi connectivity index (χ3v) is 4.29. The second kappa shape index (κ2) is 5.80. The van der Waals surface area contributed by atoms with Crippen LogP contribution in [0.3, 0.4) is 0 Å². The van der Waals surface area contributed by atoms with Gasteiger partial charge in [0.25, 0.3) is 0 Å². The Morgan fingerprint density at radius 2 is 2.00 bits per heavy atom. The van der Waals surface area contributed by atoms with Gasteiger partial charge in [0.2, 0.25) is 0 Å². The lowest BCUT2D eigenvalue weighted by molar-refractivity contribution is 0.783. The quantitative estimate of drug-likeness (QED) is 0.893. The van der Waals surface area contributed by atoms with Crippen LogP contribution in [0.1, 0.15) is 40.1 Å². The van der Waals surface area contributed by atoms with Gasteiger partial charge in [0.05, 0.1) is 0 Å². The largest absolute Gasteiger partial charge is 0.385 e. The lowest BCUT2D eigenvalue weighted by Gasteiger charge is -2.14. The van der Waals surface area contributed by atoms with E-state index in [4.69, 9.17) is 0 Å². The number of benzene rings is 1. The third-order valence-electron chi connectivity index (χ3n) is 4.29. The predicted octanol–water partition coefficient (Wildman–Crippen LogP) is 4.27. The van der Waals surface area contributed by atoms with Crippen LogP contribution in [0, 0.1) is 13.8 Å². The van der Waals surface area contributed by atoms with Gasteiger partial charge in [0.1, 0.15) is 0 Å². The van der Waals surface area contributed by atoms with Gasteiger partial charge >= 0.3 is 0 Å². The highest BCUT2D eigenvalue weighted by atomic mass is 14.9. The fourth-order valence-electron chi connectivity index (χ4n) is 3.06. The monoisotopic (exact) mass is 290 g/mol. The molecule has 0 radical (unpaired) electrons. The summed E-state index contributed by atoms with van der Waals surface area (Å²) in [7, 11) is 0. The van der Waals surface area contributed by atoms with Gasteiger partial charge in [0.15, 0.2) is 0 Å². The Morgan fingerprint density at radius 1 is 1.18 bits per heavy atom. The number of rotatable bonds is 2. The maximum Gasteiger partial charge on any atom is 0.0454 e. The highest BCUT2D eigenvalue weighted by Gasteiger charge is 2.13. The van der Waals surface area contributed by atoms with Crippen molar-refractivity contribution in [2.45, 2.75) is 26.7 Å². The van der Waals surface area contributed by atoms with E-state index in [-0.39, 0.29) is 0 Å². The molecule has 0 atom stereocenters. The first-order valence-corrected chi connectivity index (χ1v) is 7.76. The van der Waals surface area contributed by atoms with E-state index < -0.39 is 0 Å². The fourth-order valence-corrected chi connectivity index (χ4v) is 3.06. The summed E-state index contributed by atoms with van der Waals surface area (Å²) in [5.74, 6) is 0. The summed E-state index contributed by atoms with van der Waals surface area (Å²) in [5.41, 5.74) is 9.01. The second-order valence-electron chi connectivity index (χ2n) is 5.94. The van der Waals surface area contributed by atoms with Crippen molar-refractivity contribution in [1.29, 1.82) is 0 Å². The van der Waals surface area contributed by atoms with E-state index in [0.29, 0.717) is 0 Å². The van der Waals surface area contributed by atoms with Gasteiger partial charge in [-0.25, -0.2) is 0 Å². The van der Waals surface area contributed by atoms with Gasteiger partial charge in [-0.3, -0.25) is 4.98 Å². The fraction of sp³-hybridized carbons (Fsp3) is 0.250. The van der Waals surface area contributed by atoms with E-state index in [2.05, 4.69) is 47.7 Å². The minimum absolute atomic E-state index is 0.991. The second-order valence-corrected chi connectivity index (χ2v) is 5.94. The summed E-state index contributed by atoms with van der Waals surface area (Å²) in [6.45, 7) is 13.5. The van der Waals surface area contributed by atoms with Crippen molar-refractivity contribution in [3.05, 3.63) is 77.1 Å². The molecular formula is C20H22N2. The van der Waals surface area contributed by atoms with Crippen molar-refractivity contribution in [3.8, 4) is 0 Å². The molecule has 0 bridgehead atoms. The van der Waals surface area contributed by atoms with Gasteiger partial charge in [-0.15, -0.1) is 0 Å². The first-order chi connectivity index (χ1) is 10.6. The highest BCUT2D eigenvalue weighted by molar-refractivity contribution is 5.80. The molecule has 1 aromatic heterocycles. The van der Waals surface area contributed by atoms with Crippen molar-refractivity contribution >= 4 is 11.3 Å². The van der Waals surface area contributed by atoms with E-state index in [9.17, 15) is 0 Å². The van der Waals surface area contributed by atoms with Crippen LogP contribution < -0.4 is 5.32 Å². The molecule has 3 rings (SSSR count). The summed E-state index contributed by atoms with van der Waals surface area (Å²) in [4.78, 5) is 4.55. The Morgan fingerprint density at radius 3 is 2.77 bits per heavy atom. The normalized spacial score (nSPS) is 14.0. The molecule has 0 unspecified atom stereocenters. The summed E-state index contributed by atoms with van der Waals surface area (Å²) in [5, 5.41) is 3.37. The molecule has 0 fully saturated rings. The lowest BCUT2D eigenvalue weighted by atomic mass is 9.93. The number of hydrogen-bond donors (Lipinski definition) is 1. The molecule has 0 saturated heterocycles. The Bertz CT molecular complexity index is 756. The van der Waals surface area contributed by atoms with Crippen molar-refractivity contribution in [2.75, 3.05) is 6.54 Å². The minimum Gasteiger partial charge on any atom is -0.385 e. The minimum atomic E-state index is 0.991. The predicted molar refractivity (Wildman–Crippen MR) is 93.6 cm³/mol. The molecule has 1 aliphatic rings. The lowest BCUT2D eigenvalue weighted by Crippen LogP contribution is -2.10. The SMILES string of the molecule is C=C1NCCCc2cc(C(=C)c3ccc(C)nc3C)ccc21. The average molecular weight is 290 g/mol. The van der Waals surface area contributed by atoms with Gasteiger partial charge in [-0.2, -0.15) is 0 Å². The van der Waals surface area contributed by atoms with Crippen LogP contribution >= 0.6 is 0 Å². The Hall–Kier alpha value is -2.35. The molecule has 2 aromatic rings. The van der Waals surface area contributed by atoms with E-state index in [0.717, 1.165) is 47.6 Å². The van der Waals surface area contributed by atoms with Crippen LogP contribution in [0.5, 0.6) is 0 Å². The van der Waals surface area contributed by atoms with Gasteiger partial charge < -0.3 is 5.32 Å². The van der Waals surface area contributed by atoms with Crippen LogP contribution in [-0.2, 0) is 6.42 Å². The van der Waals surface area contributed by atoms with Crippen molar-refractivity contribution in [3.63, 3.8) is 0 Å². The van der Waals surface area contributed by atoms with Gasteiger partial charge in [-0.1, -0.05) is 37.4 Å². The van der Waals surface area contributed by atoms with E-state index >= 15 is 0 Å². The molecule has 22 heavy (non-hydrogen) atoms. The molecule has 2 heterocycles. The van der Waals surface area contributed by atoms with E-state index in [1.165, 1.54) is 16.7 Å². The van der Waals surface area contributed by atoms with Gasteiger partial charge in [-0.05, 0) is 49.5 Å². The summed E-state index contributed by atoms with van der Waals surface area (Å²) >= 11 is 0. The molecule has 1 N–H and O–H groups in total. The number of fused-ring (bicyclic) bond motifs is 1. The maximum absolute atomic E-state index is 4.55. The number of aryl methyl sites for hydroxylation is 3. The zero-order valence-electron chi connectivity index (χ0n) is 13.4. The molecule has 0 saturated carbocycles. The Kier molecular flexibility index (Phi) is 3.84. The Labute approximate surface area is 132 Å². The summed E-state index contributed by atoms with van der Waals surface area (Å²) in [6.07, 6.45) is 2.21. The van der Waals surface area contributed by atoms with Crippen molar-refractivity contribution in [1.82, 2.24) is 10.3 Å². The molecule has 2 heteroatoms. The molecule has 1 aliphatic heterocycles. The molecular weight excluding hydrogens is 268 g/mol. The zero-order valence-corrected chi connectivity index (χ0v) is 13.4. The van der Waals surface area contributed by atoms with Crippen LogP contribution in [0.2, 0.25) is 0 Å². The van der Waals surface area contributed by atoms with Crippen LogP contribution in [0.25, 0.3) is 11.3 Å². The first kappa shape index (κ1) is 14.6. The molecule has 0 spiro atoms. The van der Waals surface area contributed by atoms with E-state index in [1.54, 1.807) is 0 Å². The molecule has 0 aliphatic carbocycles. The topological polar surface area (TPSA) is 24.9 Å². The summed E-state index contributed by atoms with van der Waals surface area (Å²) < 4.78 is 0. The smallest absolute Gasteiger partial charge is 0.0454 e. The van der Waals surface area contributed by atoms with Crippen LogP contribution in [-0.4, -0.2) is 11.5 Å². The molecule has 0 amide bonds. The number of aromatic nitrogens is 1. The summed E-state index contributed by atoms with van der Waals surface area (Å²) in [6, 6.07) is 10.7. The number of nitrogens with one attached hydrogen (secondary N) is 1. The van der Waals surface area contributed by atoms with Gasteiger partial charge in [0, 0.05) is 34.8 Å². The molecule has 112 valence electrons. The first-order valence-electron chi connectivity index (χ1n) is 7.76. The van der Waals surface area contributed by atoms with Crippen molar-refractivity contribution in [2.24, 2.45) is 0 Å².